The van der Waals surface area contributed by atoms with Crippen molar-refractivity contribution in [3.05, 3.63) is 64.1 Å². The predicted octanol–water partition coefficient (Wildman–Crippen LogP) is 6.01. The van der Waals surface area contributed by atoms with E-state index in [4.69, 9.17) is 16.3 Å². The van der Waals surface area contributed by atoms with Crippen molar-refractivity contribution in [2.45, 2.75) is 6.92 Å². The molecule has 3 aromatic rings. The van der Waals surface area contributed by atoms with Gasteiger partial charge in [-0.1, -0.05) is 51.8 Å². The molecule has 0 heterocycles. The Hall–Kier alpha value is -2.04. The molecule has 0 saturated heterocycles. The number of amides is 1. The van der Waals surface area contributed by atoms with E-state index in [0.29, 0.717) is 16.5 Å². The quantitative estimate of drug-likeness (QED) is 0.595. The lowest BCUT2D eigenvalue weighted by Gasteiger charge is -2.12. The van der Waals surface area contributed by atoms with E-state index in [1.807, 2.05) is 36.4 Å². The highest BCUT2D eigenvalue weighted by atomic mass is 79.9. The number of ether oxygens (including phenoxy) is 1. The first kappa shape index (κ1) is 15.8. The van der Waals surface area contributed by atoms with Gasteiger partial charge in [0.15, 0.2) is 0 Å². The Morgan fingerprint density at radius 2 is 1.74 bits per heavy atom. The van der Waals surface area contributed by atoms with Crippen molar-refractivity contribution in [1.29, 1.82) is 0 Å². The number of hydrogen-bond acceptors (Lipinski definition) is 2. The fourth-order valence-corrected chi connectivity index (χ4v) is 3.00. The molecule has 3 rings (SSSR count). The van der Waals surface area contributed by atoms with Crippen LogP contribution in [0.15, 0.2) is 59.1 Å². The first-order valence-electron chi connectivity index (χ1n) is 6.97. The summed E-state index contributed by atoms with van der Waals surface area (Å²) in [5, 5.41) is 5.18. The van der Waals surface area contributed by atoms with Crippen LogP contribution >= 0.6 is 27.5 Å². The van der Waals surface area contributed by atoms with Crippen LogP contribution in [0.3, 0.4) is 0 Å². The monoisotopic (exact) mass is 389 g/mol. The smallest absolute Gasteiger partial charge is 0.221 e. The number of hydrogen-bond donors (Lipinski definition) is 1. The Morgan fingerprint density at radius 3 is 2.43 bits per heavy atom. The lowest BCUT2D eigenvalue weighted by molar-refractivity contribution is -0.114. The van der Waals surface area contributed by atoms with Crippen LogP contribution in [-0.2, 0) is 4.79 Å². The van der Waals surface area contributed by atoms with Gasteiger partial charge in [0.2, 0.25) is 5.91 Å². The maximum absolute atomic E-state index is 11.1. The average Bonchev–Trinajstić information content (AvgIpc) is 2.52. The summed E-state index contributed by atoms with van der Waals surface area (Å²) in [5.74, 6) is 1.11. The van der Waals surface area contributed by atoms with Gasteiger partial charge in [-0.3, -0.25) is 4.79 Å². The minimum Gasteiger partial charge on any atom is -0.455 e. The number of fused-ring (bicyclic) bond motifs is 1. The molecule has 0 radical (unpaired) electrons. The number of anilines is 1. The molecule has 0 unspecified atom stereocenters. The van der Waals surface area contributed by atoms with E-state index in [0.717, 1.165) is 21.0 Å². The molecule has 3 aromatic carbocycles. The number of benzene rings is 3. The summed E-state index contributed by atoms with van der Waals surface area (Å²) in [7, 11) is 0. The third kappa shape index (κ3) is 3.49. The van der Waals surface area contributed by atoms with Gasteiger partial charge in [0.1, 0.15) is 11.5 Å². The molecule has 0 atom stereocenters. The second-order valence-corrected chi connectivity index (χ2v) is 6.28. The van der Waals surface area contributed by atoms with Gasteiger partial charge in [-0.05, 0) is 35.7 Å². The Balaban J connectivity index is 1.97. The molecule has 116 valence electrons. The second kappa shape index (κ2) is 6.60. The van der Waals surface area contributed by atoms with E-state index < -0.39 is 0 Å². The highest BCUT2D eigenvalue weighted by molar-refractivity contribution is 9.10. The highest BCUT2D eigenvalue weighted by Gasteiger charge is 2.09. The largest absolute Gasteiger partial charge is 0.455 e. The Labute approximate surface area is 147 Å². The highest BCUT2D eigenvalue weighted by Crippen LogP contribution is 2.37. The molecule has 5 heteroatoms. The van der Waals surface area contributed by atoms with Crippen molar-refractivity contribution in [3.8, 4) is 11.5 Å². The minimum atomic E-state index is -0.145. The van der Waals surface area contributed by atoms with Gasteiger partial charge >= 0.3 is 0 Å². The van der Waals surface area contributed by atoms with Crippen molar-refractivity contribution in [2.75, 3.05) is 5.32 Å². The van der Waals surface area contributed by atoms with Crippen LogP contribution < -0.4 is 10.1 Å². The first-order chi connectivity index (χ1) is 11.0. The van der Waals surface area contributed by atoms with Crippen LogP contribution in [0, 0.1) is 0 Å². The zero-order valence-electron chi connectivity index (χ0n) is 12.3. The van der Waals surface area contributed by atoms with Crippen LogP contribution in [0.25, 0.3) is 10.8 Å². The molecule has 0 aromatic heterocycles. The molecule has 1 amide bonds. The Kier molecular flexibility index (Phi) is 4.55. The van der Waals surface area contributed by atoms with Gasteiger partial charge < -0.3 is 10.1 Å². The van der Waals surface area contributed by atoms with Crippen molar-refractivity contribution >= 4 is 49.9 Å². The summed E-state index contributed by atoms with van der Waals surface area (Å²) < 4.78 is 6.98. The number of carbonyl (C=O) groups is 1. The van der Waals surface area contributed by atoms with Crippen LogP contribution in [-0.4, -0.2) is 5.91 Å². The number of carbonyl (C=O) groups excluding carboxylic acids is 1. The van der Waals surface area contributed by atoms with Crippen molar-refractivity contribution in [3.63, 3.8) is 0 Å². The van der Waals surface area contributed by atoms with E-state index in [1.54, 1.807) is 18.2 Å². The van der Waals surface area contributed by atoms with Gasteiger partial charge in [-0.25, -0.2) is 0 Å². The Morgan fingerprint density at radius 1 is 1.04 bits per heavy atom. The summed E-state index contributed by atoms with van der Waals surface area (Å²) in [6, 6.07) is 17.0. The lowest BCUT2D eigenvalue weighted by Crippen LogP contribution is -2.05. The SMILES string of the molecule is CC(=O)Nc1ccc(Oc2ccc(Br)c3ccccc23)c(Cl)c1. The molecule has 0 aliphatic heterocycles. The van der Waals surface area contributed by atoms with Gasteiger partial charge in [-0.2, -0.15) is 0 Å². The minimum absolute atomic E-state index is 0.145. The average molecular weight is 391 g/mol. The van der Waals surface area contributed by atoms with E-state index in [1.165, 1.54) is 6.92 Å². The summed E-state index contributed by atoms with van der Waals surface area (Å²) in [4.78, 5) is 11.1. The molecule has 0 fully saturated rings. The number of nitrogens with one attached hydrogen (secondary N) is 1. The van der Waals surface area contributed by atoms with E-state index in [-0.39, 0.29) is 5.91 Å². The molecular formula is C18H13BrClNO2. The van der Waals surface area contributed by atoms with E-state index >= 15 is 0 Å². The van der Waals surface area contributed by atoms with Crippen LogP contribution in [0.1, 0.15) is 6.92 Å². The van der Waals surface area contributed by atoms with E-state index in [2.05, 4.69) is 21.2 Å². The summed E-state index contributed by atoms with van der Waals surface area (Å²) in [6.45, 7) is 1.45. The fraction of sp³-hybridized carbons (Fsp3) is 0.0556. The van der Waals surface area contributed by atoms with Crippen molar-refractivity contribution in [2.24, 2.45) is 0 Å². The maximum Gasteiger partial charge on any atom is 0.221 e. The number of rotatable bonds is 3. The molecule has 0 aliphatic carbocycles. The van der Waals surface area contributed by atoms with Gasteiger partial charge in [0.25, 0.3) is 0 Å². The van der Waals surface area contributed by atoms with Crippen molar-refractivity contribution in [1.82, 2.24) is 0 Å². The van der Waals surface area contributed by atoms with Gasteiger partial charge in [0, 0.05) is 22.5 Å². The summed E-state index contributed by atoms with van der Waals surface area (Å²) >= 11 is 9.80. The zero-order chi connectivity index (χ0) is 16.4. The molecule has 1 N–H and O–H groups in total. The molecule has 3 nitrogen and oxygen atoms in total. The van der Waals surface area contributed by atoms with Crippen molar-refractivity contribution < 1.29 is 9.53 Å². The fourth-order valence-electron chi connectivity index (χ4n) is 2.31. The van der Waals surface area contributed by atoms with Crippen LogP contribution in [0.5, 0.6) is 11.5 Å². The standard InChI is InChI=1S/C18H13BrClNO2/c1-11(22)21-12-6-8-18(16(20)10-12)23-17-9-7-15(19)13-4-2-3-5-14(13)17/h2-10H,1H3,(H,21,22). The molecular weight excluding hydrogens is 378 g/mol. The van der Waals surface area contributed by atoms with Gasteiger partial charge in [0.05, 0.1) is 5.02 Å². The summed E-state index contributed by atoms with van der Waals surface area (Å²) in [5.41, 5.74) is 0.635. The van der Waals surface area contributed by atoms with Gasteiger partial charge in [-0.15, -0.1) is 0 Å². The van der Waals surface area contributed by atoms with Crippen LogP contribution in [0.4, 0.5) is 5.69 Å². The normalized spacial score (nSPS) is 10.6. The second-order valence-electron chi connectivity index (χ2n) is 5.02. The third-order valence-electron chi connectivity index (χ3n) is 3.30. The Bertz CT molecular complexity index is 895. The molecule has 0 aliphatic rings. The summed E-state index contributed by atoms with van der Waals surface area (Å²) in [6.07, 6.45) is 0. The molecule has 0 spiro atoms. The maximum atomic E-state index is 11.1. The predicted molar refractivity (Wildman–Crippen MR) is 97.5 cm³/mol. The third-order valence-corrected chi connectivity index (χ3v) is 4.29. The molecule has 0 bridgehead atoms. The lowest BCUT2D eigenvalue weighted by atomic mass is 10.1. The number of halogens is 2. The zero-order valence-corrected chi connectivity index (χ0v) is 14.6. The topological polar surface area (TPSA) is 38.3 Å². The first-order valence-corrected chi connectivity index (χ1v) is 8.14. The molecule has 23 heavy (non-hydrogen) atoms. The van der Waals surface area contributed by atoms with E-state index in [9.17, 15) is 4.79 Å². The molecule has 0 saturated carbocycles. The van der Waals surface area contributed by atoms with Crippen LogP contribution in [0.2, 0.25) is 5.02 Å².